The number of aromatic hydroxyl groups is 2. The molecule has 0 atom stereocenters. The van der Waals surface area contributed by atoms with Gasteiger partial charge in [-0.3, -0.25) is 4.79 Å². The zero-order valence-electron chi connectivity index (χ0n) is 8.94. The van der Waals surface area contributed by atoms with Gasteiger partial charge in [-0.2, -0.15) is 0 Å². The van der Waals surface area contributed by atoms with Crippen LogP contribution < -0.4 is 0 Å². The first-order valence-electron chi connectivity index (χ1n) is 5.42. The summed E-state index contributed by atoms with van der Waals surface area (Å²) < 4.78 is 0. The summed E-state index contributed by atoms with van der Waals surface area (Å²) in [7, 11) is 0. The van der Waals surface area contributed by atoms with E-state index in [1.807, 2.05) is 0 Å². The Morgan fingerprint density at radius 2 is 1.88 bits per heavy atom. The molecule has 3 heteroatoms. The molecule has 1 aromatic carbocycles. The van der Waals surface area contributed by atoms with E-state index >= 15 is 0 Å². The average molecular weight is 218 g/mol. The lowest BCUT2D eigenvalue weighted by Gasteiger charge is -2.12. The van der Waals surface area contributed by atoms with E-state index in [1.165, 1.54) is 12.1 Å². The molecular formula is C13H14O3. The van der Waals surface area contributed by atoms with Gasteiger partial charge in [0.15, 0.2) is 5.78 Å². The van der Waals surface area contributed by atoms with Crippen LogP contribution >= 0.6 is 0 Å². The Bertz CT molecular complexity index is 446. The molecule has 0 spiro atoms. The van der Waals surface area contributed by atoms with Gasteiger partial charge in [-0.25, -0.2) is 0 Å². The molecule has 1 aromatic rings. The van der Waals surface area contributed by atoms with Crippen LogP contribution in [0.5, 0.6) is 11.5 Å². The van der Waals surface area contributed by atoms with Crippen LogP contribution in [0.15, 0.2) is 23.8 Å². The van der Waals surface area contributed by atoms with Crippen molar-refractivity contribution >= 4 is 11.9 Å². The molecule has 0 aromatic heterocycles. The Morgan fingerprint density at radius 1 is 1.12 bits per heavy atom. The van der Waals surface area contributed by atoms with Crippen molar-refractivity contribution in [2.75, 3.05) is 0 Å². The van der Waals surface area contributed by atoms with Crippen LogP contribution in [0.4, 0.5) is 0 Å². The highest BCUT2D eigenvalue weighted by atomic mass is 16.3. The van der Waals surface area contributed by atoms with Crippen molar-refractivity contribution < 1.29 is 15.0 Å². The number of benzene rings is 1. The van der Waals surface area contributed by atoms with E-state index in [4.69, 9.17) is 5.11 Å². The number of allylic oxidation sites excluding steroid dienone is 1. The Labute approximate surface area is 94.0 Å². The second-order valence-corrected chi connectivity index (χ2v) is 4.04. The zero-order valence-corrected chi connectivity index (χ0v) is 8.94. The van der Waals surface area contributed by atoms with E-state index in [-0.39, 0.29) is 17.3 Å². The number of phenols is 2. The van der Waals surface area contributed by atoms with Crippen molar-refractivity contribution in [3.8, 4) is 11.5 Å². The highest BCUT2D eigenvalue weighted by molar-refractivity contribution is 6.00. The van der Waals surface area contributed by atoms with Gasteiger partial charge in [0, 0.05) is 18.1 Å². The minimum atomic E-state index is 0.00544. The first kappa shape index (κ1) is 10.7. The van der Waals surface area contributed by atoms with Crippen molar-refractivity contribution in [1.29, 1.82) is 0 Å². The molecule has 0 heterocycles. The molecular weight excluding hydrogens is 204 g/mol. The maximum absolute atomic E-state index is 11.6. The van der Waals surface area contributed by atoms with Gasteiger partial charge in [0.05, 0.1) is 0 Å². The summed E-state index contributed by atoms with van der Waals surface area (Å²) in [5, 5.41) is 18.7. The molecule has 1 saturated carbocycles. The van der Waals surface area contributed by atoms with E-state index in [2.05, 4.69) is 0 Å². The summed E-state index contributed by atoms with van der Waals surface area (Å²) in [6.07, 6.45) is 5.08. The van der Waals surface area contributed by atoms with Gasteiger partial charge >= 0.3 is 0 Å². The van der Waals surface area contributed by atoms with Crippen molar-refractivity contribution in [3.63, 3.8) is 0 Å². The van der Waals surface area contributed by atoms with E-state index in [0.29, 0.717) is 12.0 Å². The summed E-state index contributed by atoms with van der Waals surface area (Å²) in [5.41, 5.74) is 1.36. The third-order valence-electron chi connectivity index (χ3n) is 2.80. The van der Waals surface area contributed by atoms with Gasteiger partial charge < -0.3 is 10.2 Å². The second-order valence-electron chi connectivity index (χ2n) is 4.04. The molecule has 0 bridgehead atoms. The average Bonchev–Trinajstić information content (AvgIpc) is 2.25. The van der Waals surface area contributed by atoms with Gasteiger partial charge in [0.1, 0.15) is 11.5 Å². The molecule has 0 radical (unpaired) electrons. The predicted molar refractivity (Wildman–Crippen MR) is 61.2 cm³/mol. The normalized spacial score (nSPS) is 19.0. The van der Waals surface area contributed by atoms with Crippen LogP contribution in [0.1, 0.15) is 31.2 Å². The van der Waals surface area contributed by atoms with Crippen molar-refractivity contribution in [3.05, 3.63) is 29.3 Å². The lowest BCUT2D eigenvalue weighted by Crippen LogP contribution is -2.07. The molecule has 1 fully saturated rings. The minimum Gasteiger partial charge on any atom is -0.508 e. The van der Waals surface area contributed by atoms with Crippen LogP contribution in [0.3, 0.4) is 0 Å². The highest BCUT2D eigenvalue weighted by Gasteiger charge is 2.15. The second kappa shape index (κ2) is 4.39. The number of phenolic OH excluding ortho intramolecular Hbond substituents is 2. The van der Waals surface area contributed by atoms with E-state index in [1.54, 1.807) is 12.1 Å². The Kier molecular flexibility index (Phi) is 2.95. The van der Waals surface area contributed by atoms with Crippen molar-refractivity contribution in [2.45, 2.75) is 25.7 Å². The quantitative estimate of drug-likeness (QED) is 0.712. The van der Waals surface area contributed by atoms with Gasteiger partial charge in [-0.1, -0.05) is 0 Å². The molecule has 0 aliphatic heterocycles. The van der Waals surface area contributed by atoms with Crippen LogP contribution in [0.25, 0.3) is 6.08 Å². The lowest BCUT2D eigenvalue weighted by molar-refractivity contribution is -0.116. The summed E-state index contributed by atoms with van der Waals surface area (Å²) in [5.74, 6) is 0.194. The third kappa shape index (κ3) is 2.24. The summed E-state index contributed by atoms with van der Waals surface area (Å²) >= 11 is 0. The number of rotatable bonds is 1. The van der Waals surface area contributed by atoms with Crippen molar-refractivity contribution in [2.24, 2.45) is 0 Å². The van der Waals surface area contributed by atoms with Crippen LogP contribution in [-0.4, -0.2) is 16.0 Å². The highest BCUT2D eigenvalue weighted by Crippen LogP contribution is 2.28. The fourth-order valence-corrected chi connectivity index (χ4v) is 1.90. The Hall–Kier alpha value is -1.77. The molecule has 84 valence electrons. The lowest BCUT2D eigenvalue weighted by atomic mass is 9.92. The van der Waals surface area contributed by atoms with Gasteiger partial charge in [0.25, 0.3) is 0 Å². The molecule has 0 saturated heterocycles. The fraction of sp³-hybridized carbons (Fsp3) is 0.308. The molecule has 2 N–H and O–H groups in total. The van der Waals surface area contributed by atoms with Crippen molar-refractivity contribution in [1.82, 2.24) is 0 Å². The molecule has 2 rings (SSSR count). The number of ketones is 1. The zero-order chi connectivity index (χ0) is 11.5. The van der Waals surface area contributed by atoms with E-state index in [0.717, 1.165) is 24.8 Å². The summed E-state index contributed by atoms with van der Waals surface area (Å²) in [6.45, 7) is 0. The molecule has 16 heavy (non-hydrogen) atoms. The van der Waals surface area contributed by atoms with Crippen LogP contribution in [0.2, 0.25) is 0 Å². The summed E-state index contributed by atoms with van der Waals surface area (Å²) in [6, 6.07) is 4.39. The monoisotopic (exact) mass is 218 g/mol. The van der Waals surface area contributed by atoms with Crippen LogP contribution in [-0.2, 0) is 4.79 Å². The molecule has 3 nitrogen and oxygen atoms in total. The Balaban J connectivity index is 2.30. The van der Waals surface area contributed by atoms with Gasteiger partial charge in [-0.15, -0.1) is 0 Å². The minimum absolute atomic E-state index is 0.00544. The first-order chi connectivity index (χ1) is 7.66. The SMILES string of the molecule is O=C1CCCC/C1=C/c1ccc(O)cc1O. The molecule has 0 unspecified atom stereocenters. The fourth-order valence-electron chi connectivity index (χ4n) is 1.90. The number of hydrogen-bond acceptors (Lipinski definition) is 3. The third-order valence-corrected chi connectivity index (χ3v) is 2.80. The first-order valence-corrected chi connectivity index (χ1v) is 5.42. The smallest absolute Gasteiger partial charge is 0.158 e. The van der Waals surface area contributed by atoms with E-state index in [9.17, 15) is 9.90 Å². The molecule has 0 amide bonds. The van der Waals surface area contributed by atoms with Gasteiger partial charge in [-0.05, 0) is 43.0 Å². The van der Waals surface area contributed by atoms with Gasteiger partial charge in [0.2, 0.25) is 0 Å². The Morgan fingerprint density at radius 3 is 2.56 bits per heavy atom. The molecule has 1 aliphatic rings. The number of carbonyl (C=O) groups is 1. The topological polar surface area (TPSA) is 57.5 Å². The standard InChI is InChI=1S/C13H14O3/c14-11-6-5-10(13(16)8-11)7-9-3-1-2-4-12(9)15/h5-8,14,16H,1-4H2/b9-7-. The number of carbonyl (C=O) groups excluding carboxylic acids is 1. The number of Topliss-reactive ketones (excluding diaryl/α,β-unsaturated/α-hetero) is 1. The number of hydrogen-bond donors (Lipinski definition) is 2. The maximum atomic E-state index is 11.6. The maximum Gasteiger partial charge on any atom is 0.158 e. The largest absolute Gasteiger partial charge is 0.508 e. The predicted octanol–water partition coefficient (Wildman–Crippen LogP) is 2.62. The molecule has 1 aliphatic carbocycles. The van der Waals surface area contributed by atoms with E-state index < -0.39 is 0 Å². The van der Waals surface area contributed by atoms with Crippen LogP contribution in [0, 0.1) is 0 Å². The summed E-state index contributed by atoms with van der Waals surface area (Å²) in [4.78, 5) is 11.6.